The van der Waals surface area contributed by atoms with Gasteiger partial charge in [0.1, 0.15) is 5.75 Å². The Kier molecular flexibility index (Phi) is 7.07. The SMILES string of the molecule is CCNC(=NCc1ccc(-n2cccn2)cc1)NCc1ccccc1OCC. The number of benzene rings is 2. The third-order valence-electron chi connectivity index (χ3n) is 4.19. The van der Waals surface area contributed by atoms with Crippen LogP contribution in [0.5, 0.6) is 5.75 Å². The smallest absolute Gasteiger partial charge is 0.191 e. The molecular weight excluding hydrogens is 350 g/mol. The monoisotopic (exact) mass is 377 g/mol. The van der Waals surface area contributed by atoms with Gasteiger partial charge in [-0.15, -0.1) is 0 Å². The molecule has 2 N–H and O–H groups in total. The Labute approximate surface area is 166 Å². The number of nitrogens with one attached hydrogen (secondary N) is 2. The first-order valence-corrected chi connectivity index (χ1v) is 9.62. The predicted octanol–water partition coefficient (Wildman–Crippen LogP) is 3.53. The number of aromatic nitrogens is 2. The van der Waals surface area contributed by atoms with Crippen LogP contribution in [0.25, 0.3) is 5.69 Å². The van der Waals surface area contributed by atoms with Crippen LogP contribution in [0.4, 0.5) is 0 Å². The molecule has 0 aliphatic carbocycles. The van der Waals surface area contributed by atoms with E-state index in [0.29, 0.717) is 19.7 Å². The quantitative estimate of drug-likeness (QED) is 0.466. The van der Waals surface area contributed by atoms with Gasteiger partial charge in [0.25, 0.3) is 0 Å². The minimum Gasteiger partial charge on any atom is -0.494 e. The number of hydrogen-bond acceptors (Lipinski definition) is 3. The molecule has 28 heavy (non-hydrogen) atoms. The average molecular weight is 377 g/mol. The predicted molar refractivity (Wildman–Crippen MR) is 113 cm³/mol. The molecule has 0 spiro atoms. The molecule has 0 aliphatic rings. The van der Waals surface area contributed by atoms with E-state index >= 15 is 0 Å². The van der Waals surface area contributed by atoms with Crippen molar-refractivity contribution >= 4 is 5.96 Å². The minimum atomic E-state index is 0.599. The van der Waals surface area contributed by atoms with E-state index in [-0.39, 0.29) is 0 Å². The van der Waals surface area contributed by atoms with Crippen LogP contribution in [0.2, 0.25) is 0 Å². The van der Waals surface area contributed by atoms with Gasteiger partial charge in [0, 0.05) is 31.0 Å². The molecule has 0 saturated carbocycles. The van der Waals surface area contributed by atoms with Crippen LogP contribution in [0, 0.1) is 0 Å². The van der Waals surface area contributed by atoms with Gasteiger partial charge < -0.3 is 15.4 Å². The summed E-state index contributed by atoms with van der Waals surface area (Å²) in [6, 6.07) is 18.2. The zero-order valence-corrected chi connectivity index (χ0v) is 16.4. The molecule has 2 aromatic carbocycles. The van der Waals surface area contributed by atoms with E-state index in [1.165, 1.54) is 0 Å². The van der Waals surface area contributed by atoms with Gasteiger partial charge in [0.05, 0.1) is 18.8 Å². The Morgan fingerprint density at radius 1 is 1.04 bits per heavy atom. The molecule has 0 fully saturated rings. The van der Waals surface area contributed by atoms with Crippen LogP contribution < -0.4 is 15.4 Å². The lowest BCUT2D eigenvalue weighted by atomic mass is 10.2. The summed E-state index contributed by atoms with van der Waals surface area (Å²) in [6.45, 7) is 6.76. The van der Waals surface area contributed by atoms with Crippen molar-refractivity contribution in [2.45, 2.75) is 26.9 Å². The molecule has 0 saturated heterocycles. The van der Waals surface area contributed by atoms with E-state index in [4.69, 9.17) is 9.73 Å². The van der Waals surface area contributed by atoms with Crippen molar-refractivity contribution in [1.29, 1.82) is 0 Å². The van der Waals surface area contributed by atoms with Crippen molar-refractivity contribution in [3.05, 3.63) is 78.1 Å². The standard InChI is InChI=1S/C22H27N5O/c1-3-23-22(25-17-19-8-5-6-9-21(19)28-4-2)24-16-18-10-12-20(13-11-18)27-15-7-14-26-27/h5-15H,3-4,16-17H2,1-2H3,(H2,23,24,25). The van der Waals surface area contributed by atoms with Gasteiger partial charge in [0.15, 0.2) is 5.96 Å². The number of guanidine groups is 1. The molecule has 1 aromatic heterocycles. The van der Waals surface area contributed by atoms with Gasteiger partial charge in [-0.05, 0) is 43.7 Å². The van der Waals surface area contributed by atoms with Gasteiger partial charge >= 0.3 is 0 Å². The maximum absolute atomic E-state index is 5.69. The highest BCUT2D eigenvalue weighted by Crippen LogP contribution is 2.17. The highest BCUT2D eigenvalue weighted by atomic mass is 16.5. The van der Waals surface area contributed by atoms with Gasteiger partial charge in [-0.2, -0.15) is 5.10 Å². The van der Waals surface area contributed by atoms with Gasteiger partial charge in [-0.25, -0.2) is 9.67 Å². The van der Waals surface area contributed by atoms with E-state index < -0.39 is 0 Å². The van der Waals surface area contributed by atoms with Gasteiger partial charge in [-0.1, -0.05) is 30.3 Å². The molecule has 6 heteroatoms. The second-order valence-electron chi connectivity index (χ2n) is 6.21. The molecule has 3 aromatic rings. The highest BCUT2D eigenvalue weighted by molar-refractivity contribution is 5.79. The van der Waals surface area contributed by atoms with Crippen molar-refractivity contribution in [3.63, 3.8) is 0 Å². The second kappa shape index (κ2) is 10.2. The Hall–Kier alpha value is -3.28. The summed E-state index contributed by atoms with van der Waals surface area (Å²) >= 11 is 0. The summed E-state index contributed by atoms with van der Waals surface area (Å²) < 4.78 is 7.53. The Balaban J connectivity index is 1.62. The maximum atomic E-state index is 5.69. The molecule has 0 atom stereocenters. The van der Waals surface area contributed by atoms with Crippen LogP contribution in [0.15, 0.2) is 72.0 Å². The molecule has 3 rings (SSSR count). The molecular formula is C22H27N5O. The van der Waals surface area contributed by atoms with Crippen molar-refractivity contribution in [1.82, 2.24) is 20.4 Å². The van der Waals surface area contributed by atoms with E-state index in [1.807, 2.05) is 42.1 Å². The molecule has 6 nitrogen and oxygen atoms in total. The first kappa shape index (κ1) is 19.5. The van der Waals surface area contributed by atoms with E-state index in [1.54, 1.807) is 6.20 Å². The third-order valence-corrected chi connectivity index (χ3v) is 4.19. The van der Waals surface area contributed by atoms with Crippen LogP contribution in [-0.4, -0.2) is 28.9 Å². The molecule has 1 heterocycles. The van der Waals surface area contributed by atoms with Crippen molar-refractivity contribution in [3.8, 4) is 11.4 Å². The number of aliphatic imine (C=N–C) groups is 1. The van der Waals surface area contributed by atoms with Crippen molar-refractivity contribution < 1.29 is 4.74 Å². The van der Waals surface area contributed by atoms with Gasteiger partial charge in [0.2, 0.25) is 0 Å². The van der Waals surface area contributed by atoms with Crippen LogP contribution in [-0.2, 0) is 13.1 Å². The third kappa shape index (κ3) is 5.36. The largest absolute Gasteiger partial charge is 0.494 e. The van der Waals surface area contributed by atoms with Crippen molar-refractivity contribution in [2.24, 2.45) is 4.99 Å². The lowest BCUT2D eigenvalue weighted by molar-refractivity contribution is 0.336. The van der Waals surface area contributed by atoms with Gasteiger partial charge in [-0.3, -0.25) is 0 Å². The summed E-state index contributed by atoms with van der Waals surface area (Å²) in [5.41, 5.74) is 3.29. The zero-order chi connectivity index (χ0) is 19.6. The fourth-order valence-corrected chi connectivity index (χ4v) is 2.81. The average Bonchev–Trinajstić information content (AvgIpc) is 3.26. The van der Waals surface area contributed by atoms with Crippen LogP contribution >= 0.6 is 0 Å². The first-order valence-electron chi connectivity index (χ1n) is 9.62. The highest BCUT2D eigenvalue weighted by Gasteiger charge is 2.04. The zero-order valence-electron chi connectivity index (χ0n) is 16.4. The van der Waals surface area contributed by atoms with Crippen LogP contribution in [0.3, 0.4) is 0 Å². The summed E-state index contributed by atoms with van der Waals surface area (Å²) in [6.07, 6.45) is 3.71. The molecule has 0 bridgehead atoms. The molecule has 0 amide bonds. The number of ether oxygens (including phenoxy) is 1. The number of hydrogen-bond donors (Lipinski definition) is 2. The molecule has 0 unspecified atom stereocenters. The first-order chi connectivity index (χ1) is 13.8. The topological polar surface area (TPSA) is 63.5 Å². The molecule has 146 valence electrons. The fourth-order valence-electron chi connectivity index (χ4n) is 2.81. The lowest BCUT2D eigenvalue weighted by Gasteiger charge is -2.14. The Bertz CT molecular complexity index is 872. The molecule has 0 radical (unpaired) electrons. The normalized spacial score (nSPS) is 11.3. The van der Waals surface area contributed by atoms with E-state index in [0.717, 1.165) is 35.1 Å². The Morgan fingerprint density at radius 2 is 1.86 bits per heavy atom. The maximum Gasteiger partial charge on any atom is 0.191 e. The van der Waals surface area contributed by atoms with Crippen LogP contribution in [0.1, 0.15) is 25.0 Å². The molecule has 0 aliphatic heterocycles. The summed E-state index contributed by atoms with van der Waals surface area (Å²) in [7, 11) is 0. The fraction of sp³-hybridized carbons (Fsp3) is 0.273. The number of rotatable bonds is 8. The summed E-state index contributed by atoms with van der Waals surface area (Å²) in [4.78, 5) is 4.70. The van der Waals surface area contributed by atoms with Crippen molar-refractivity contribution in [2.75, 3.05) is 13.2 Å². The van der Waals surface area contributed by atoms with E-state index in [2.05, 4.69) is 53.0 Å². The number of para-hydroxylation sites is 1. The summed E-state index contributed by atoms with van der Waals surface area (Å²) in [5, 5.41) is 10.9. The summed E-state index contributed by atoms with van der Waals surface area (Å²) in [5.74, 6) is 1.69. The number of nitrogens with zero attached hydrogens (tertiary/aromatic N) is 3. The lowest BCUT2D eigenvalue weighted by Crippen LogP contribution is -2.36. The minimum absolute atomic E-state index is 0.599. The van der Waals surface area contributed by atoms with E-state index in [9.17, 15) is 0 Å². The second-order valence-corrected chi connectivity index (χ2v) is 6.21. The Morgan fingerprint density at radius 3 is 2.57 bits per heavy atom.